The largest absolute Gasteiger partial charge is 0.478 e. The van der Waals surface area contributed by atoms with Crippen LogP contribution in [-0.4, -0.2) is 51.7 Å². The molecule has 21 heavy (non-hydrogen) atoms. The van der Waals surface area contributed by atoms with Crippen LogP contribution in [0.2, 0.25) is 0 Å². The molecule has 0 bridgehead atoms. The SMILES string of the molecule is CCC(CC)C(=O)N1CC(C(=O)O)=C[C@H](O)[C@H]1NC(C)=O. The average Bonchev–Trinajstić information content (AvgIpc) is 2.41. The van der Waals surface area contributed by atoms with Crippen molar-refractivity contribution in [1.29, 1.82) is 0 Å². The molecule has 2 atom stereocenters. The van der Waals surface area contributed by atoms with E-state index in [1.807, 2.05) is 13.8 Å². The van der Waals surface area contributed by atoms with Crippen LogP contribution in [0, 0.1) is 5.92 Å². The predicted molar refractivity (Wildman–Crippen MR) is 75.1 cm³/mol. The summed E-state index contributed by atoms with van der Waals surface area (Å²) in [7, 11) is 0. The molecule has 0 saturated carbocycles. The Balaban J connectivity index is 3.09. The van der Waals surface area contributed by atoms with Gasteiger partial charge in [-0.1, -0.05) is 13.8 Å². The molecule has 1 aliphatic heterocycles. The number of carbonyl (C=O) groups excluding carboxylic acids is 2. The van der Waals surface area contributed by atoms with Crippen molar-refractivity contribution in [2.24, 2.45) is 5.92 Å². The average molecular weight is 298 g/mol. The molecule has 3 N–H and O–H groups in total. The van der Waals surface area contributed by atoms with Gasteiger partial charge < -0.3 is 20.4 Å². The Morgan fingerprint density at radius 3 is 2.38 bits per heavy atom. The highest BCUT2D eigenvalue weighted by molar-refractivity contribution is 5.90. The van der Waals surface area contributed by atoms with Gasteiger partial charge in [-0.05, 0) is 18.9 Å². The molecule has 7 nitrogen and oxygen atoms in total. The monoisotopic (exact) mass is 298 g/mol. The Morgan fingerprint density at radius 1 is 1.38 bits per heavy atom. The normalized spacial score (nSPS) is 22.0. The van der Waals surface area contributed by atoms with Crippen LogP contribution in [0.4, 0.5) is 0 Å². The van der Waals surface area contributed by atoms with Crippen molar-refractivity contribution in [2.75, 3.05) is 6.54 Å². The van der Waals surface area contributed by atoms with Gasteiger partial charge in [0.25, 0.3) is 0 Å². The van der Waals surface area contributed by atoms with Crippen LogP contribution in [0.25, 0.3) is 0 Å². The van der Waals surface area contributed by atoms with Crippen LogP contribution < -0.4 is 5.32 Å². The Hall–Kier alpha value is -1.89. The van der Waals surface area contributed by atoms with E-state index in [-0.39, 0.29) is 23.9 Å². The lowest BCUT2D eigenvalue weighted by molar-refractivity contribution is -0.143. The van der Waals surface area contributed by atoms with Crippen molar-refractivity contribution in [3.63, 3.8) is 0 Å². The van der Waals surface area contributed by atoms with Gasteiger partial charge in [-0.25, -0.2) is 4.79 Å². The van der Waals surface area contributed by atoms with Gasteiger partial charge in [0.1, 0.15) is 12.3 Å². The number of rotatable bonds is 5. The lowest BCUT2D eigenvalue weighted by Crippen LogP contribution is -2.60. The molecule has 0 radical (unpaired) electrons. The Bertz CT molecular complexity index is 456. The smallest absolute Gasteiger partial charge is 0.333 e. The third-order valence-corrected chi connectivity index (χ3v) is 3.62. The molecule has 1 heterocycles. The molecule has 0 unspecified atom stereocenters. The first-order valence-electron chi connectivity index (χ1n) is 7.01. The van der Waals surface area contributed by atoms with E-state index in [0.29, 0.717) is 12.8 Å². The minimum absolute atomic E-state index is 0.0524. The van der Waals surface area contributed by atoms with E-state index in [1.54, 1.807) is 0 Å². The summed E-state index contributed by atoms with van der Waals surface area (Å²) in [6, 6.07) is 0. The highest BCUT2D eigenvalue weighted by Crippen LogP contribution is 2.21. The fourth-order valence-corrected chi connectivity index (χ4v) is 2.41. The number of carboxylic acid groups (broad SMARTS) is 1. The number of hydrogen-bond acceptors (Lipinski definition) is 4. The number of aliphatic hydroxyl groups is 1. The van der Waals surface area contributed by atoms with Crippen LogP contribution in [0.3, 0.4) is 0 Å². The summed E-state index contributed by atoms with van der Waals surface area (Å²) in [6.45, 7) is 4.89. The second kappa shape index (κ2) is 7.21. The minimum atomic E-state index is -1.24. The van der Waals surface area contributed by atoms with Crippen molar-refractivity contribution >= 4 is 17.8 Å². The number of nitrogens with zero attached hydrogens (tertiary/aromatic N) is 1. The summed E-state index contributed by atoms with van der Waals surface area (Å²) in [6.07, 6.45) is 0.215. The number of carboxylic acids is 1. The molecule has 0 spiro atoms. The summed E-state index contributed by atoms with van der Waals surface area (Å²) in [5.74, 6) is -2.10. The fraction of sp³-hybridized carbons (Fsp3) is 0.643. The predicted octanol–water partition coefficient (Wildman–Crippen LogP) is 0.0989. The molecule has 0 aromatic rings. The van der Waals surface area contributed by atoms with Crippen LogP contribution in [0.15, 0.2) is 11.6 Å². The van der Waals surface area contributed by atoms with Gasteiger partial charge >= 0.3 is 5.97 Å². The highest BCUT2D eigenvalue weighted by atomic mass is 16.4. The first-order chi connectivity index (χ1) is 9.81. The number of hydrogen-bond donors (Lipinski definition) is 3. The highest BCUT2D eigenvalue weighted by Gasteiger charge is 2.37. The molecule has 118 valence electrons. The van der Waals surface area contributed by atoms with Gasteiger partial charge in [0.05, 0.1) is 12.1 Å². The summed E-state index contributed by atoms with van der Waals surface area (Å²) in [4.78, 5) is 36.1. The Morgan fingerprint density at radius 2 is 1.95 bits per heavy atom. The molecular weight excluding hydrogens is 276 g/mol. The van der Waals surface area contributed by atoms with Crippen LogP contribution in [-0.2, 0) is 14.4 Å². The van der Waals surface area contributed by atoms with Crippen LogP contribution >= 0.6 is 0 Å². The van der Waals surface area contributed by atoms with Crippen molar-refractivity contribution < 1.29 is 24.6 Å². The number of nitrogens with one attached hydrogen (secondary N) is 1. The van der Waals surface area contributed by atoms with Gasteiger partial charge in [0.2, 0.25) is 11.8 Å². The maximum Gasteiger partial charge on any atom is 0.333 e. The maximum absolute atomic E-state index is 12.5. The summed E-state index contributed by atoms with van der Waals surface area (Å²) < 4.78 is 0. The molecule has 1 rings (SSSR count). The quantitative estimate of drug-likeness (QED) is 0.667. The number of aliphatic carboxylic acids is 1. The van der Waals surface area contributed by atoms with E-state index in [1.165, 1.54) is 17.9 Å². The van der Waals surface area contributed by atoms with E-state index in [4.69, 9.17) is 5.11 Å². The van der Waals surface area contributed by atoms with Gasteiger partial charge in [-0.2, -0.15) is 0 Å². The van der Waals surface area contributed by atoms with Crippen LogP contribution in [0.1, 0.15) is 33.6 Å². The van der Waals surface area contributed by atoms with Crippen LogP contribution in [0.5, 0.6) is 0 Å². The summed E-state index contributed by atoms with van der Waals surface area (Å²) in [5, 5.41) is 21.6. The summed E-state index contributed by atoms with van der Waals surface area (Å²) >= 11 is 0. The lowest BCUT2D eigenvalue weighted by Gasteiger charge is -2.39. The third kappa shape index (κ3) is 4.04. The van der Waals surface area contributed by atoms with E-state index >= 15 is 0 Å². The van der Waals surface area contributed by atoms with Gasteiger partial charge in [-0.3, -0.25) is 9.59 Å². The molecule has 1 aliphatic rings. The topological polar surface area (TPSA) is 107 Å². The van der Waals surface area contributed by atoms with E-state index in [2.05, 4.69) is 5.32 Å². The number of aliphatic hydroxyl groups excluding tert-OH is 1. The van der Waals surface area contributed by atoms with Gasteiger partial charge in [0, 0.05) is 12.8 Å². The second-order valence-corrected chi connectivity index (χ2v) is 5.11. The fourth-order valence-electron chi connectivity index (χ4n) is 2.41. The van der Waals surface area contributed by atoms with Crippen molar-refractivity contribution in [3.8, 4) is 0 Å². The summed E-state index contributed by atoms with van der Waals surface area (Å²) in [5.41, 5.74) is -0.0524. The minimum Gasteiger partial charge on any atom is -0.478 e. The molecule has 7 heteroatoms. The van der Waals surface area contributed by atoms with Crippen molar-refractivity contribution in [2.45, 2.75) is 45.9 Å². The third-order valence-electron chi connectivity index (χ3n) is 3.62. The van der Waals surface area contributed by atoms with Gasteiger partial charge in [0.15, 0.2) is 0 Å². The molecule has 0 saturated heterocycles. The van der Waals surface area contributed by atoms with Crippen molar-refractivity contribution in [3.05, 3.63) is 11.6 Å². The Labute approximate surface area is 123 Å². The van der Waals surface area contributed by atoms with E-state index in [0.717, 1.165) is 0 Å². The molecular formula is C14H22N2O5. The Kier molecular flexibility index (Phi) is 5.90. The molecule has 0 aliphatic carbocycles. The lowest BCUT2D eigenvalue weighted by atomic mass is 9.97. The first-order valence-corrected chi connectivity index (χ1v) is 7.01. The number of amides is 2. The zero-order valence-electron chi connectivity index (χ0n) is 12.5. The molecule has 0 aromatic heterocycles. The zero-order valence-corrected chi connectivity index (χ0v) is 12.5. The zero-order chi connectivity index (χ0) is 16.2. The van der Waals surface area contributed by atoms with Gasteiger partial charge in [-0.15, -0.1) is 0 Å². The first kappa shape index (κ1) is 17.2. The van der Waals surface area contributed by atoms with E-state index < -0.39 is 24.1 Å². The molecule has 2 amide bonds. The van der Waals surface area contributed by atoms with Crippen molar-refractivity contribution in [1.82, 2.24) is 10.2 Å². The second-order valence-electron chi connectivity index (χ2n) is 5.11. The number of carbonyl (C=O) groups is 3. The standard InChI is InChI=1S/C14H22N2O5/c1-4-9(5-2)13(19)16-7-10(14(20)21)6-11(18)12(16)15-8(3)17/h6,9,11-12,18H,4-5,7H2,1-3H3,(H,15,17)(H,20,21)/t11-,12-/m0/s1. The molecule has 0 aromatic carbocycles. The van der Waals surface area contributed by atoms with E-state index in [9.17, 15) is 19.5 Å². The maximum atomic E-state index is 12.5. The molecule has 0 fully saturated rings.